The van der Waals surface area contributed by atoms with Crippen molar-refractivity contribution in [2.75, 3.05) is 18.4 Å². The number of halogens is 1. The number of benzene rings is 2. The van der Waals surface area contributed by atoms with Crippen LogP contribution < -0.4 is 10.6 Å². The van der Waals surface area contributed by atoms with Gasteiger partial charge in [-0.05, 0) is 42.8 Å². The first-order valence-electron chi connectivity index (χ1n) is 8.31. The molecule has 3 aromatic rings. The summed E-state index contributed by atoms with van der Waals surface area (Å²) in [5.74, 6) is -0.0165. The van der Waals surface area contributed by atoms with Crippen LogP contribution in [0, 0.1) is 0 Å². The zero-order chi connectivity index (χ0) is 17.5. The molecular weight excluding hydrogens is 334 g/mol. The van der Waals surface area contributed by atoms with Gasteiger partial charge in [0, 0.05) is 29.6 Å². The molecule has 0 atom stereocenters. The summed E-state index contributed by atoms with van der Waals surface area (Å²) >= 11 is 5.87. The molecule has 0 bridgehead atoms. The van der Waals surface area contributed by atoms with E-state index in [0.717, 1.165) is 34.6 Å². The molecule has 0 saturated heterocycles. The van der Waals surface area contributed by atoms with E-state index in [1.165, 1.54) is 5.56 Å². The summed E-state index contributed by atoms with van der Waals surface area (Å²) < 4.78 is 0. The van der Waals surface area contributed by atoms with Crippen molar-refractivity contribution in [3.8, 4) is 0 Å². The van der Waals surface area contributed by atoms with E-state index in [2.05, 4.69) is 15.6 Å². The van der Waals surface area contributed by atoms with E-state index in [-0.39, 0.29) is 5.91 Å². The van der Waals surface area contributed by atoms with Gasteiger partial charge in [0.1, 0.15) is 0 Å². The highest BCUT2D eigenvalue weighted by Gasteiger charge is 2.06. The van der Waals surface area contributed by atoms with E-state index in [1.807, 2.05) is 54.6 Å². The maximum atomic E-state index is 12.1. The fraction of sp³-hybridized carbons (Fsp3) is 0.200. The Morgan fingerprint density at radius 3 is 2.64 bits per heavy atom. The van der Waals surface area contributed by atoms with Gasteiger partial charge in [0.15, 0.2) is 0 Å². The van der Waals surface area contributed by atoms with Crippen molar-refractivity contribution in [3.63, 3.8) is 0 Å². The van der Waals surface area contributed by atoms with Crippen LogP contribution in [-0.2, 0) is 11.2 Å². The molecule has 0 aliphatic rings. The lowest BCUT2D eigenvalue weighted by Crippen LogP contribution is -2.23. The normalized spacial score (nSPS) is 10.8. The van der Waals surface area contributed by atoms with Crippen LogP contribution in [0.25, 0.3) is 10.9 Å². The van der Waals surface area contributed by atoms with E-state index in [4.69, 9.17) is 11.6 Å². The molecule has 2 N–H and O–H groups in total. The van der Waals surface area contributed by atoms with E-state index in [0.29, 0.717) is 13.0 Å². The van der Waals surface area contributed by atoms with Gasteiger partial charge < -0.3 is 10.6 Å². The Bertz CT molecular complexity index is 844. The second kappa shape index (κ2) is 8.60. The minimum atomic E-state index is -0.0165. The lowest BCUT2D eigenvalue weighted by atomic mass is 10.1. The van der Waals surface area contributed by atoms with Gasteiger partial charge in [-0.2, -0.15) is 0 Å². The fourth-order valence-electron chi connectivity index (χ4n) is 2.63. The number of para-hydroxylation sites is 1. The molecule has 4 nitrogen and oxygen atoms in total. The second-order valence-electron chi connectivity index (χ2n) is 5.81. The number of fused-ring (bicyclic) bond motifs is 1. The van der Waals surface area contributed by atoms with Crippen LogP contribution in [0.2, 0.25) is 5.02 Å². The summed E-state index contributed by atoms with van der Waals surface area (Å²) in [6.45, 7) is 1.46. The third kappa shape index (κ3) is 5.02. The zero-order valence-electron chi connectivity index (χ0n) is 13.8. The molecule has 1 amide bonds. The number of carbonyl (C=O) groups is 1. The van der Waals surface area contributed by atoms with Gasteiger partial charge in [-0.3, -0.25) is 9.78 Å². The maximum absolute atomic E-state index is 12.1. The number of amides is 1. The molecule has 2 aromatic carbocycles. The molecule has 0 spiro atoms. The Balaban J connectivity index is 1.43. The molecule has 0 unspecified atom stereocenters. The zero-order valence-corrected chi connectivity index (χ0v) is 14.6. The second-order valence-corrected chi connectivity index (χ2v) is 6.24. The van der Waals surface area contributed by atoms with Crippen molar-refractivity contribution >= 4 is 34.1 Å². The first kappa shape index (κ1) is 17.4. The minimum absolute atomic E-state index is 0.0165. The Labute approximate surface area is 152 Å². The van der Waals surface area contributed by atoms with Crippen LogP contribution >= 0.6 is 11.6 Å². The van der Waals surface area contributed by atoms with Gasteiger partial charge >= 0.3 is 0 Å². The van der Waals surface area contributed by atoms with E-state index >= 15 is 0 Å². The summed E-state index contributed by atoms with van der Waals surface area (Å²) in [7, 11) is 0. The lowest BCUT2D eigenvalue weighted by Gasteiger charge is -2.09. The van der Waals surface area contributed by atoms with Crippen molar-refractivity contribution in [1.29, 1.82) is 0 Å². The first-order valence-corrected chi connectivity index (χ1v) is 8.69. The van der Waals surface area contributed by atoms with Crippen molar-refractivity contribution in [3.05, 3.63) is 71.4 Å². The van der Waals surface area contributed by atoms with Gasteiger partial charge in [-0.1, -0.05) is 41.9 Å². The predicted molar refractivity (Wildman–Crippen MR) is 103 cm³/mol. The van der Waals surface area contributed by atoms with Gasteiger partial charge in [0.25, 0.3) is 0 Å². The SMILES string of the molecule is O=C(CCNCCc1ccc(Cl)cc1)Nc1cccc2cccnc12. The third-order valence-corrected chi connectivity index (χ3v) is 4.19. The number of carbonyl (C=O) groups excluding carboxylic acids is 1. The van der Waals surface area contributed by atoms with Gasteiger partial charge in [-0.25, -0.2) is 0 Å². The Morgan fingerprint density at radius 2 is 1.80 bits per heavy atom. The largest absolute Gasteiger partial charge is 0.324 e. The number of aromatic nitrogens is 1. The minimum Gasteiger partial charge on any atom is -0.324 e. The van der Waals surface area contributed by atoms with Gasteiger partial charge in [0.2, 0.25) is 5.91 Å². The number of hydrogen-bond acceptors (Lipinski definition) is 3. The smallest absolute Gasteiger partial charge is 0.225 e. The van der Waals surface area contributed by atoms with Gasteiger partial charge in [0.05, 0.1) is 11.2 Å². The standard InChI is InChI=1S/C20H20ClN3O/c21-17-8-6-15(7-9-17)10-13-22-14-11-19(25)24-18-5-1-3-16-4-2-12-23-20(16)18/h1-9,12,22H,10-11,13-14H2,(H,24,25). The highest BCUT2D eigenvalue weighted by atomic mass is 35.5. The van der Waals surface area contributed by atoms with E-state index < -0.39 is 0 Å². The number of nitrogens with one attached hydrogen (secondary N) is 2. The molecular formula is C20H20ClN3O. The van der Waals surface area contributed by atoms with Crippen molar-refractivity contribution in [1.82, 2.24) is 10.3 Å². The molecule has 25 heavy (non-hydrogen) atoms. The van der Waals surface area contributed by atoms with Crippen molar-refractivity contribution in [2.24, 2.45) is 0 Å². The summed E-state index contributed by atoms with van der Waals surface area (Å²) in [5, 5.41) is 8.00. The highest BCUT2D eigenvalue weighted by Crippen LogP contribution is 2.20. The predicted octanol–water partition coefficient (Wildman–Crippen LogP) is 4.05. The average molecular weight is 354 g/mol. The van der Waals surface area contributed by atoms with Crippen LogP contribution in [0.5, 0.6) is 0 Å². The molecule has 5 heteroatoms. The number of rotatable bonds is 7. The summed E-state index contributed by atoms with van der Waals surface area (Å²) in [6, 6.07) is 17.5. The summed E-state index contributed by atoms with van der Waals surface area (Å²) in [4.78, 5) is 16.5. The summed E-state index contributed by atoms with van der Waals surface area (Å²) in [6.07, 6.45) is 3.06. The first-order chi connectivity index (χ1) is 12.2. The molecule has 1 aromatic heterocycles. The maximum Gasteiger partial charge on any atom is 0.225 e. The molecule has 0 aliphatic carbocycles. The molecule has 0 aliphatic heterocycles. The number of pyridine rings is 1. The molecule has 1 heterocycles. The van der Waals surface area contributed by atoms with Crippen LogP contribution in [-0.4, -0.2) is 24.0 Å². The van der Waals surface area contributed by atoms with Gasteiger partial charge in [-0.15, -0.1) is 0 Å². The van der Waals surface area contributed by atoms with Crippen LogP contribution in [0.1, 0.15) is 12.0 Å². The topological polar surface area (TPSA) is 54.0 Å². The monoisotopic (exact) mass is 353 g/mol. The summed E-state index contributed by atoms with van der Waals surface area (Å²) in [5.41, 5.74) is 2.79. The lowest BCUT2D eigenvalue weighted by molar-refractivity contribution is -0.116. The number of anilines is 1. The number of nitrogens with zero attached hydrogens (tertiary/aromatic N) is 1. The average Bonchev–Trinajstić information content (AvgIpc) is 2.63. The van der Waals surface area contributed by atoms with Crippen LogP contribution in [0.15, 0.2) is 60.8 Å². The molecule has 128 valence electrons. The molecule has 0 fully saturated rings. The van der Waals surface area contributed by atoms with Crippen molar-refractivity contribution < 1.29 is 4.79 Å². The van der Waals surface area contributed by atoms with E-state index in [9.17, 15) is 4.79 Å². The third-order valence-electron chi connectivity index (χ3n) is 3.94. The van der Waals surface area contributed by atoms with Crippen LogP contribution in [0.4, 0.5) is 5.69 Å². The van der Waals surface area contributed by atoms with Crippen molar-refractivity contribution in [2.45, 2.75) is 12.8 Å². The molecule has 3 rings (SSSR count). The number of hydrogen-bond donors (Lipinski definition) is 2. The highest BCUT2D eigenvalue weighted by molar-refractivity contribution is 6.30. The molecule has 0 saturated carbocycles. The Hall–Kier alpha value is -2.43. The van der Waals surface area contributed by atoms with E-state index in [1.54, 1.807) is 6.20 Å². The fourth-order valence-corrected chi connectivity index (χ4v) is 2.75. The molecule has 0 radical (unpaired) electrons. The Kier molecular flexibility index (Phi) is 5.99. The quantitative estimate of drug-likeness (QED) is 0.630. The Morgan fingerprint density at radius 1 is 1.00 bits per heavy atom. The van der Waals surface area contributed by atoms with Crippen LogP contribution in [0.3, 0.4) is 0 Å².